The summed E-state index contributed by atoms with van der Waals surface area (Å²) in [4.78, 5) is 0. The van der Waals surface area contributed by atoms with Crippen molar-refractivity contribution in [2.45, 2.75) is 64.4 Å². The SMILES string of the molecule is C[Si](C)(C)O[Si](C)(CCCOCC(O)CS(=O)(=O)[O-])O[Si](C)(C)C.[Na+]. The first kappa shape index (κ1) is 28.6. The molecular weight excluding hydrogens is 407 g/mol. The van der Waals surface area contributed by atoms with E-state index in [1.807, 2.05) is 0 Å². The van der Waals surface area contributed by atoms with Gasteiger partial charge in [-0.05, 0) is 58.3 Å². The molecule has 0 aromatic heterocycles. The van der Waals surface area contributed by atoms with Crippen molar-refractivity contribution in [2.75, 3.05) is 19.0 Å². The minimum atomic E-state index is -4.43. The van der Waals surface area contributed by atoms with E-state index in [2.05, 4.69) is 45.8 Å². The molecule has 0 bridgehead atoms. The summed E-state index contributed by atoms with van der Waals surface area (Å²) in [5.74, 6) is -0.822. The Balaban J connectivity index is 0. The molecule has 0 aliphatic heterocycles. The van der Waals surface area contributed by atoms with E-state index in [1.54, 1.807) is 0 Å². The molecule has 1 atom stereocenters. The fourth-order valence-electron chi connectivity index (χ4n) is 2.42. The molecule has 0 fully saturated rings. The van der Waals surface area contributed by atoms with Gasteiger partial charge in [0.2, 0.25) is 0 Å². The number of hydrogen-bond acceptors (Lipinski definition) is 7. The van der Waals surface area contributed by atoms with Crippen LogP contribution in [0.3, 0.4) is 0 Å². The zero-order valence-electron chi connectivity index (χ0n) is 16.9. The fraction of sp³-hybridized carbons (Fsp3) is 1.00. The van der Waals surface area contributed by atoms with Crippen LogP contribution in [0.2, 0.25) is 51.9 Å². The van der Waals surface area contributed by atoms with Crippen molar-refractivity contribution < 1.29 is 60.6 Å². The predicted octanol–water partition coefficient (Wildman–Crippen LogP) is -0.922. The summed E-state index contributed by atoms with van der Waals surface area (Å²) in [7, 11) is -10.2. The summed E-state index contributed by atoms with van der Waals surface area (Å²) in [6.07, 6.45) is -0.582. The number of hydrogen-bond donors (Lipinski definition) is 1. The van der Waals surface area contributed by atoms with Gasteiger partial charge < -0.3 is 22.6 Å². The van der Waals surface area contributed by atoms with Crippen LogP contribution in [0.1, 0.15) is 6.42 Å². The number of rotatable bonds is 12. The predicted molar refractivity (Wildman–Crippen MR) is 101 cm³/mol. The topological polar surface area (TPSA) is 105 Å². The van der Waals surface area contributed by atoms with Gasteiger partial charge in [0.05, 0.1) is 28.6 Å². The van der Waals surface area contributed by atoms with E-state index in [1.165, 1.54) is 0 Å². The second-order valence-electron chi connectivity index (χ2n) is 8.12. The molecule has 0 amide bonds. The Morgan fingerprint density at radius 1 is 1.00 bits per heavy atom. The Kier molecular flexibility index (Phi) is 13.1. The van der Waals surface area contributed by atoms with Gasteiger partial charge in [0.1, 0.15) is 0 Å². The molecule has 0 aromatic carbocycles. The van der Waals surface area contributed by atoms with Crippen LogP contribution in [0.4, 0.5) is 0 Å². The molecule has 25 heavy (non-hydrogen) atoms. The van der Waals surface area contributed by atoms with Crippen LogP contribution < -0.4 is 29.6 Å². The van der Waals surface area contributed by atoms with E-state index in [4.69, 9.17) is 13.0 Å². The number of aliphatic hydroxyl groups excluding tert-OH is 1. The van der Waals surface area contributed by atoms with Gasteiger partial charge >= 0.3 is 38.1 Å². The maximum absolute atomic E-state index is 10.5. The van der Waals surface area contributed by atoms with Crippen LogP contribution in [-0.4, -0.2) is 68.3 Å². The van der Waals surface area contributed by atoms with Crippen LogP contribution in [0.5, 0.6) is 0 Å². The van der Waals surface area contributed by atoms with E-state index in [9.17, 15) is 18.1 Å². The largest absolute Gasteiger partial charge is 1.00 e. The first-order chi connectivity index (χ1) is 10.5. The van der Waals surface area contributed by atoms with Gasteiger partial charge in [0.25, 0.3) is 0 Å². The quantitative estimate of drug-likeness (QED) is 0.238. The van der Waals surface area contributed by atoms with Gasteiger partial charge in [0, 0.05) is 6.61 Å². The molecule has 12 heteroatoms. The van der Waals surface area contributed by atoms with Gasteiger partial charge in [-0.2, -0.15) is 0 Å². The number of ether oxygens (including phenoxy) is 1. The first-order valence-electron chi connectivity index (χ1n) is 8.11. The van der Waals surface area contributed by atoms with Crippen molar-refractivity contribution in [3.63, 3.8) is 0 Å². The van der Waals surface area contributed by atoms with Crippen LogP contribution in [-0.2, 0) is 23.1 Å². The summed E-state index contributed by atoms with van der Waals surface area (Å²) >= 11 is 0. The van der Waals surface area contributed by atoms with Crippen molar-refractivity contribution in [1.82, 2.24) is 0 Å². The Hall–Kier alpha value is 1.40. The molecule has 1 unspecified atom stereocenters. The average Bonchev–Trinajstić information content (AvgIpc) is 2.19. The number of aliphatic hydroxyl groups is 1. The Morgan fingerprint density at radius 2 is 1.44 bits per heavy atom. The van der Waals surface area contributed by atoms with Crippen molar-refractivity contribution in [3.8, 4) is 0 Å². The normalized spacial score (nSPS) is 14.9. The van der Waals surface area contributed by atoms with Crippen LogP contribution >= 0.6 is 0 Å². The molecule has 0 aliphatic carbocycles. The molecule has 7 nitrogen and oxygen atoms in total. The third-order valence-corrected chi connectivity index (χ3v) is 13.1. The van der Waals surface area contributed by atoms with Crippen molar-refractivity contribution >= 4 is 35.3 Å². The minimum Gasteiger partial charge on any atom is -0.748 e. The van der Waals surface area contributed by atoms with Crippen LogP contribution in [0, 0.1) is 0 Å². The van der Waals surface area contributed by atoms with E-state index in [0.717, 1.165) is 6.04 Å². The van der Waals surface area contributed by atoms with Gasteiger partial charge in [-0.25, -0.2) is 8.42 Å². The summed E-state index contributed by atoms with van der Waals surface area (Å²) in [6, 6.07) is 0.775. The maximum atomic E-state index is 10.5. The molecule has 0 radical (unpaired) electrons. The van der Waals surface area contributed by atoms with Gasteiger partial charge in [0.15, 0.2) is 16.6 Å². The van der Waals surface area contributed by atoms with E-state index < -0.39 is 47.2 Å². The van der Waals surface area contributed by atoms with Crippen molar-refractivity contribution in [1.29, 1.82) is 0 Å². The van der Waals surface area contributed by atoms with Gasteiger partial charge in [-0.3, -0.25) is 0 Å². The third-order valence-electron chi connectivity index (χ3n) is 2.67. The van der Waals surface area contributed by atoms with Crippen LogP contribution in [0.25, 0.3) is 0 Å². The summed E-state index contributed by atoms with van der Waals surface area (Å²) in [6.45, 7) is 15.1. The molecule has 0 saturated carbocycles. The minimum absolute atomic E-state index is 0. The van der Waals surface area contributed by atoms with E-state index in [-0.39, 0.29) is 36.2 Å². The summed E-state index contributed by atoms with van der Waals surface area (Å²) < 4.78 is 49.6. The molecular formula is C13H33NaO7SSi3. The molecule has 0 aromatic rings. The second-order valence-corrected chi connectivity index (χ2v) is 22.4. The molecule has 0 spiro atoms. The molecule has 1 N–H and O–H groups in total. The first-order valence-corrected chi connectivity index (χ1v) is 19.0. The van der Waals surface area contributed by atoms with Crippen LogP contribution in [0.15, 0.2) is 0 Å². The second kappa shape index (κ2) is 11.4. The standard InChI is InChI=1S/C13H34O7SSi3.Na/c1-22(2,3)19-24(7,20-23(4,5)6)10-8-9-18-11-13(14)12-21(15,16)17;/h13-14H,8-12H2,1-7H3,(H,15,16,17);/q;+1/p-1. The van der Waals surface area contributed by atoms with Gasteiger partial charge in [-0.15, -0.1) is 0 Å². The molecule has 0 rings (SSSR count). The van der Waals surface area contributed by atoms with Crippen molar-refractivity contribution in [3.05, 3.63) is 0 Å². The molecule has 0 heterocycles. The Morgan fingerprint density at radius 3 is 1.80 bits per heavy atom. The summed E-state index contributed by atoms with van der Waals surface area (Å²) in [5.41, 5.74) is 0. The Bertz CT molecular complexity index is 461. The maximum Gasteiger partial charge on any atom is 1.00 e. The third kappa shape index (κ3) is 18.5. The fourth-order valence-corrected chi connectivity index (χ4v) is 15.5. The van der Waals surface area contributed by atoms with E-state index in [0.29, 0.717) is 13.0 Å². The molecule has 146 valence electrons. The Labute approximate surface area is 178 Å². The molecule has 0 aliphatic rings. The average molecular weight is 441 g/mol. The smallest absolute Gasteiger partial charge is 0.748 e. The summed E-state index contributed by atoms with van der Waals surface area (Å²) in [5, 5.41) is 9.42. The van der Waals surface area contributed by atoms with Crippen molar-refractivity contribution in [2.24, 2.45) is 0 Å². The molecule has 0 saturated heterocycles. The zero-order chi connectivity index (χ0) is 19.2. The zero-order valence-corrected chi connectivity index (χ0v) is 22.7. The van der Waals surface area contributed by atoms with Gasteiger partial charge in [-0.1, -0.05) is 0 Å². The van der Waals surface area contributed by atoms with E-state index >= 15 is 0 Å². The monoisotopic (exact) mass is 440 g/mol.